The molecule has 5 heteroatoms. The number of sulfone groups is 1. The zero-order chi connectivity index (χ0) is 15.5. The molecule has 0 radical (unpaired) electrons. The molecule has 0 saturated carbocycles. The molecular weight excluding hydrogens is 286 g/mol. The first kappa shape index (κ1) is 16.3. The van der Waals surface area contributed by atoms with E-state index < -0.39 is 15.1 Å². The van der Waals surface area contributed by atoms with Crippen LogP contribution in [0, 0.1) is 5.92 Å². The van der Waals surface area contributed by atoms with Crippen molar-refractivity contribution in [2.45, 2.75) is 38.5 Å². The lowest BCUT2D eigenvalue weighted by molar-refractivity contribution is 0.254. The summed E-state index contributed by atoms with van der Waals surface area (Å²) in [5.41, 5.74) is 0.953. The third-order valence-corrected chi connectivity index (χ3v) is 6.13. The average Bonchev–Trinajstić information content (AvgIpc) is 2.43. The van der Waals surface area contributed by atoms with Crippen molar-refractivity contribution in [3.63, 3.8) is 0 Å². The van der Waals surface area contributed by atoms with Crippen LogP contribution in [0.3, 0.4) is 0 Å². The number of fused-ring (bicyclic) bond motifs is 1. The summed E-state index contributed by atoms with van der Waals surface area (Å²) >= 11 is 0. The summed E-state index contributed by atoms with van der Waals surface area (Å²) in [7, 11) is -3.19. The maximum Gasteiger partial charge on any atom is 0.158 e. The van der Waals surface area contributed by atoms with Crippen molar-refractivity contribution in [2.24, 2.45) is 5.92 Å². The first-order chi connectivity index (χ1) is 9.95. The van der Waals surface area contributed by atoms with E-state index in [1.54, 1.807) is 0 Å². The number of hydrogen-bond acceptors (Lipinski definition) is 4. The van der Waals surface area contributed by atoms with Crippen molar-refractivity contribution in [1.29, 1.82) is 0 Å². The van der Waals surface area contributed by atoms with E-state index in [4.69, 9.17) is 4.74 Å². The predicted octanol–water partition coefficient (Wildman–Crippen LogP) is 2.56. The van der Waals surface area contributed by atoms with E-state index in [1.165, 1.54) is 0 Å². The van der Waals surface area contributed by atoms with Crippen LogP contribution in [0.2, 0.25) is 0 Å². The summed E-state index contributed by atoms with van der Waals surface area (Å²) in [6.07, 6.45) is 0.969. The number of ether oxygens (including phenoxy) is 1. The van der Waals surface area contributed by atoms with Crippen LogP contribution in [0.4, 0.5) is 0 Å². The molecule has 1 aromatic rings. The van der Waals surface area contributed by atoms with Gasteiger partial charge in [-0.15, -0.1) is 0 Å². The molecule has 0 spiro atoms. The third kappa shape index (κ3) is 3.77. The largest absolute Gasteiger partial charge is 0.492 e. The minimum atomic E-state index is -3.19. The maximum absolute atomic E-state index is 12.7. The van der Waals surface area contributed by atoms with Crippen molar-refractivity contribution in [3.05, 3.63) is 29.8 Å². The van der Waals surface area contributed by atoms with Crippen LogP contribution < -0.4 is 10.1 Å². The van der Waals surface area contributed by atoms with E-state index in [2.05, 4.69) is 12.2 Å². The minimum Gasteiger partial charge on any atom is -0.492 e. The third-order valence-electron chi connectivity index (χ3n) is 3.67. The first-order valence-electron chi connectivity index (χ1n) is 7.62. The second-order valence-corrected chi connectivity index (χ2v) is 8.31. The van der Waals surface area contributed by atoms with Gasteiger partial charge in [-0.2, -0.15) is 0 Å². The van der Waals surface area contributed by atoms with Gasteiger partial charge in [-0.1, -0.05) is 39.0 Å². The second kappa shape index (κ2) is 6.79. The fourth-order valence-electron chi connectivity index (χ4n) is 2.78. The van der Waals surface area contributed by atoms with Crippen LogP contribution in [0.5, 0.6) is 5.75 Å². The monoisotopic (exact) mass is 311 g/mol. The Bertz CT molecular complexity index is 569. The van der Waals surface area contributed by atoms with Gasteiger partial charge in [0.2, 0.25) is 0 Å². The Kier molecular flexibility index (Phi) is 5.27. The first-order valence-corrected chi connectivity index (χ1v) is 9.34. The highest BCUT2D eigenvalue weighted by Crippen LogP contribution is 2.35. The molecule has 0 bridgehead atoms. The van der Waals surface area contributed by atoms with Crippen molar-refractivity contribution in [1.82, 2.24) is 5.32 Å². The highest BCUT2D eigenvalue weighted by Gasteiger charge is 2.39. The zero-order valence-corrected chi connectivity index (χ0v) is 13.8. The summed E-state index contributed by atoms with van der Waals surface area (Å²) in [6, 6.07) is 7.53. The van der Waals surface area contributed by atoms with Gasteiger partial charge in [-0.05, 0) is 24.9 Å². The molecule has 0 aromatic heterocycles. The Morgan fingerprint density at radius 1 is 1.33 bits per heavy atom. The summed E-state index contributed by atoms with van der Waals surface area (Å²) in [4.78, 5) is 0. The van der Waals surface area contributed by atoms with Crippen molar-refractivity contribution in [2.75, 3.05) is 18.9 Å². The van der Waals surface area contributed by atoms with E-state index in [0.717, 1.165) is 24.3 Å². The minimum absolute atomic E-state index is 0.124. The van der Waals surface area contributed by atoms with Crippen LogP contribution >= 0.6 is 0 Å². The summed E-state index contributed by atoms with van der Waals surface area (Å²) in [5.74, 6) is 1.12. The smallest absolute Gasteiger partial charge is 0.158 e. The van der Waals surface area contributed by atoms with Crippen LogP contribution in [0.25, 0.3) is 0 Å². The van der Waals surface area contributed by atoms with Gasteiger partial charge < -0.3 is 10.1 Å². The molecule has 21 heavy (non-hydrogen) atoms. The molecule has 1 heterocycles. The van der Waals surface area contributed by atoms with Gasteiger partial charge in [-0.3, -0.25) is 0 Å². The van der Waals surface area contributed by atoms with Crippen LogP contribution in [0.1, 0.15) is 38.8 Å². The topological polar surface area (TPSA) is 55.4 Å². The number of para-hydroxylation sites is 1. The lowest BCUT2D eigenvalue weighted by Crippen LogP contribution is -2.45. The van der Waals surface area contributed by atoms with Gasteiger partial charge in [0, 0.05) is 5.56 Å². The standard InChI is InChI=1S/C16H25NO3S/c1-4-9-17-16-13-7-5-6-8-14(13)20-10-15(16)21(18,19)11-12(2)3/h5-8,12,15-17H,4,9-11H2,1-3H3. The van der Waals surface area contributed by atoms with E-state index in [0.29, 0.717) is 0 Å². The van der Waals surface area contributed by atoms with Crippen LogP contribution in [-0.2, 0) is 9.84 Å². The molecule has 2 unspecified atom stereocenters. The van der Waals surface area contributed by atoms with E-state index in [9.17, 15) is 8.42 Å². The van der Waals surface area contributed by atoms with Crippen molar-refractivity contribution >= 4 is 9.84 Å². The molecule has 1 aliphatic heterocycles. The molecule has 0 fully saturated rings. The number of nitrogens with one attached hydrogen (secondary N) is 1. The highest BCUT2D eigenvalue weighted by atomic mass is 32.2. The zero-order valence-electron chi connectivity index (χ0n) is 13.0. The fourth-order valence-corrected chi connectivity index (χ4v) is 4.89. The van der Waals surface area contributed by atoms with E-state index in [1.807, 2.05) is 38.1 Å². The number of rotatable bonds is 6. The van der Waals surface area contributed by atoms with E-state index in [-0.39, 0.29) is 24.3 Å². The van der Waals surface area contributed by atoms with Gasteiger partial charge in [0.25, 0.3) is 0 Å². The van der Waals surface area contributed by atoms with E-state index >= 15 is 0 Å². The quantitative estimate of drug-likeness (QED) is 0.877. The molecule has 4 nitrogen and oxygen atoms in total. The number of hydrogen-bond donors (Lipinski definition) is 1. The second-order valence-electron chi connectivity index (χ2n) is 6.04. The molecule has 1 N–H and O–H groups in total. The molecule has 1 aliphatic rings. The van der Waals surface area contributed by atoms with Gasteiger partial charge in [0.15, 0.2) is 9.84 Å². The molecule has 0 amide bonds. The SMILES string of the molecule is CCCNC1c2ccccc2OCC1S(=O)(=O)CC(C)C. The Balaban J connectivity index is 2.33. The van der Waals surface area contributed by atoms with Gasteiger partial charge in [-0.25, -0.2) is 8.42 Å². The van der Waals surface area contributed by atoms with Crippen molar-refractivity contribution in [3.8, 4) is 5.75 Å². The summed E-state index contributed by atoms with van der Waals surface area (Å²) in [6.45, 7) is 6.98. The molecule has 0 aliphatic carbocycles. The van der Waals surface area contributed by atoms with Crippen LogP contribution in [-0.4, -0.2) is 32.6 Å². The maximum atomic E-state index is 12.7. The molecule has 0 saturated heterocycles. The van der Waals surface area contributed by atoms with Gasteiger partial charge in [0.1, 0.15) is 17.6 Å². The Hall–Kier alpha value is -1.07. The lowest BCUT2D eigenvalue weighted by Gasteiger charge is -2.34. The number of benzene rings is 1. The Morgan fingerprint density at radius 3 is 2.71 bits per heavy atom. The van der Waals surface area contributed by atoms with Gasteiger partial charge >= 0.3 is 0 Å². The predicted molar refractivity (Wildman–Crippen MR) is 85.4 cm³/mol. The molecule has 1 aromatic carbocycles. The average molecular weight is 311 g/mol. The molecule has 2 atom stereocenters. The van der Waals surface area contributed by atoms with Gasteiger partial charge in [0.05, 0.1) is 11.8 Å². The Labute approximate surface area is 127 Å². The molecular formula is C16H25NO3S. The normalized spacial score (nSPS) is 21.9. The van der Waals surface area contributed by atoms with Crippen LogP contribution in [0.15, 0.2) is 24.3 Å². The molecule has 2 rings (SSSR count). The molecule has 118 valence electrons. The fraction of sp³-hybridized carbons (Fsp3) is 0.625. The van der Waals surface area contributed by atoms with Crippen molar-refractivity contribution < 1.29 is 13.2 Å². The summed E-state index contributed by atoms with van der Waals surface area (Å²) in [5, 5.41) is 2.89. The highest BCUT2D eigenvalue weighted by molar-refractivity contribution is 7.92. The lowest BCUT2D eigenvalue weighted by atomic mass is 10.00. The summed E-state index contributed by atoms with van der Waals surface area (Å²) < 4.78 is 31.0. The Morgan fingerprint density at radius 2 is 2.05 bits per heavy atom.